The standard InChI is InChI=1S/C19H28N2/c1-3-12-5-8-15(21-11-12)10-16(20-4-2)19-17-13-6-7-14(9-13)18(17)19/h5,8,11,13-14,16-20H,3-4,6-7,9-10H2,1-2H3. The van der Waals surface area contributed by atoms with E-state index >= 15 is 0 Å². The van der Waals surface area contributed by atoms with Crippen molar-refractivity contribution in [2.45, 2.75) is 52.0 Å². The zero-order chi connectivity index (χ0) is 14.4. The number of nitrogens with one attached hydrogen (secondary N) is 1. The highest BCUT2D eigenvalue weighted by atomic mass is 14.9. The van der Waals surface area contributed by atoms with E-state index in [0.29, 0.717) is 6.04 Å². The van der Waals surface area contributed by atoms with E-state index in [9.17, 15) is 0 Å². The summed E-state index contributed by atoms with van der Waals surface area (Å²) in [4.78, 5) is 4.69. The first-order chi connectivity index (χ1) is 10.3. The predicted octanol–water partition coefficient (Wildman–Crippen LogP) is 3.46. The van der Waals surface area contributed by atoms with Crippen LogP contribution in [0, 0.1) is 29.6 Å². The number of hydrogen-bond donors (Lipinski definition) is 1. The molecule has 0 aromatic carbocycles. The molecule has 0 aliphatic heterocycles. The molecule has 2 bridgehead atoms. The second kappa shape index (κ2) is 5.39. The van der Waals surface area contributed by atoms with Gasteiger partial charge >= 0.3 is 0 Å². The molecule has 2 heteroatoms. The summed E-state index contributed by atoms with van der Waals surface area (Å²) in [5.41, 5.74) is 2.62. The maximum atomic E-state index is 4.69. The Labute approximate surface area is 128 Å². The van der Waals surface area contributed by atoms with Crippen LogP contribution in [0.3, 0.4) is 0 Å². The first-order valence-corrected chi connectivity index (χ1v) is 8.99. The van der Waals surface area contributed by atoms with E-state index in [1.165, 1.54) is 24.1 Å². The van der Waals surface area contributed by atoms with E-state index in [2.05, 4.69) is 42.5 Å². The van der Waals surface area contributed by atoms with Crippen LogP contribution in [-0.4, -0.2) is 17.6 Å². The Balaban J connectivity index is 1.45. The molecule has 5 atom stereocenters. The maximum Gasteiger partial charge on any atom is 0.0419 e. The van der Waals surface area contributed by atoms with Gasteiger partial charge in [-0.25, -0.2) is 0 Å². The topological polar surface area (TPSA) is 24.9 Å². The molecule has 1 aromatic rings. The van der Waals surface area contributed by atoms with Crippen LogP contribution in [0.15, 0.2) is 18.3 Å². The van der Waals surface area contributed by atoms with Crippen molar-refractivity contribution in [1.82, 2.24) is 10.3 Å². The minimum Gasteiger partial charge on any atom is -0.314 e. The van der Waals surface area contributed by atoms with Crippen LogP contribution in [0.1, 0.15) is 44.4 Å². The van der Waals surface area contributed by atoms with Crippen molar-refractivity contribution in [2.24, 2.45) is 29.6 Å². The van der Waals surface area contributed by atoms with Crippen LogP contribution in [0.4, 0.5) is 0 Å². The van der Waals surface area contributed by atoms with Gasteiger partial charge in [0.25, 0.3) is 0 Å². The highest BCUT2D eigenvalue weighted by Crippen LogP contribution is 2.70. The van der Waals surface area contributed by atoms with Crippen molar-refractivity contribution in [1.29, 1.82) is 0 Å². The summed E-state index contributed by atoms with van der Waals surface area (Å²) < 4.78 is 0. The van der Waals surface area contributed by atoms with Crippen molar-refractivity contribution in [3.63, 3.8) is 0 Å². The third kappa shape index (κ3) is 2.32. The van der Waals surface area contributed by atoms with Gasteiger partial charge in [0.2, 0.25) is 0 Å². The van der Waals surface area contributed by atoms with Gasteiger partial charge in [0.15, 0.2) is 0 Å². The minimum absolute atomic E-state index is 0.661. The number of nitrogens with zero attached hydrogens (tertiary/aromatic N) is 1. The lowest BCUT2D eigenvalue weighted by molar-refractivity contribution is 0.364. The maximum absolute atomic E-state index is 4.69. The summed E-state index contributed by atoms with van der Waals surface area (Å²) in [6.07, 6.45) is 8.86. The molecular weight excluding hydrogens is 256 g/mol. The Hall–Kier alpha value is -0.890. The summed E-state index contributed by atoms with van der Waals surface area (Å²) in [5.74, 6) is 5.21. The van der Waals surface area contributed by atoms with E-state index in [1.807, 2.05) is 0 Å². The van der Waals surface area contributed by atoms with E-state index < -0.39 is 0 Å². The van der Waals surface area contributed by atoms with Gasteiger partial charge in [-0.3, -0.25) is 4.98 Å². The molecule has 1 heterocycles. The molecular formula is C19H28N2. The molecule has 3 aliphatic carbocycles. The molecule has 1 aromatic heterocycles. The molecule has 21 heavy (non-hydrogen) atoms. The largest absolute Gasteiger partial charge is 0.314 e. The minimum atomic E-state index is 0.661. The van der Waals surface area contributed by atoms with Crippen LogP contribution in [0.5, 0.6) is 0 Å². The molecule has 3 fully saturated rings. The number of rotatable bonds is 6. The lowest BCUT2D eigenvalue weighted by Gasteiger charge is -2.21. The third-order valence-corrected chi connectivity index (χ3v) is 6.45. The zero-order valence-electron chi connectivity index (χ0n) is 13.4. The molecule has 0 radical (unpaired) electrons. The average molecular weight is 284 g/mol. The number of fused-ring (bicyclic) bond motifs is 5. The van der Waals surface area contributed by atoms with Gasteiger partial charge in [-0.2, -0.15) is 0 Å². The van der Waals surface area contributed by atoms with Crippen molar-refractivity contribution >= 4 is 0 Å². The summed E-state index contributed by atoms with van der Waals surface area (Å²) in [6.45, 7) is 5.52. The lowest BCUT2D eigenvalue weighted by Crippen LogP contribution is -2.35. The predicted molar refractivity (Wildman–Crippen MR) is 86.1 cm³/mol. The Morgan fingerprint density at radius 1 is 1.19 bits per heavy atom. The molecule has 2 nitrogen and oxygen atoms in total. The van der Waals surface area contributed by atoms with Gasteiger partial charge < -0.3 is 5.32 Å². The van der Waals surface area contributed by atoms with Crippen molar-refractivity contribution < 1.29 is 0 Å². The van der Waals surface area contributed by atoms with Crippen molar-refractivity contribution in [3.8, 4) is 0 Å². The Morgan fingerprint density at radius 3 is 2.52 bits per heavy atom. The van der Waals surface area contributed by atoms with Crippen molar-refractivity contribution in [3.05, 3.63) is 29.6 Å². The van der Waals surface area contributed by atoms with E-state index in [1.54, 1.807) is 6.42 Å². The molecule has 4 rings (SSSR count). The quantitative estimate of drug-likeness (QED) is 0.865. The zero-order valence-corrected chi connectivity index (χ0v) is 13.4. The van der Waals surface area contributed by atoms with Gasteiger partial charge in [0.05, 0.1) is 0 Å². The fourth-order valence-corrected chi connectivity index (χ4v) is 5.55. The van der Waals surface area contributed by atoms with Crippen LogP contribution in [0.25, 0.3) is 0 Å². The summed E-state index contributed by atoms with van der Waals surface area (Å²) >= 11 is 0. The van der Waals surface area contributed by atoms with E-state index in [0.717, 1.165) is 49.0 Å². The summed E-state index contributed by atoms with van der Waals surface area (Å²) in [6, 6.07) is 5.16. The van der Waals surface area contributed by atoms with E-state index in [-0.39, 0.29) is 0 Å². The second-order valence-electron chi connectivity index (χ2n) is 7.44. The van der Waals surface area contributed by atoms with Gasteiger partial charge in [0, 0.05) is 24.4 Å². The van der Waals surface area contributed by atoms with Crippen molar-refractivity contribution in [2.75, 3.05) is 6.54 Å². The third-order valence-electron chi connectivity index (χ3n) is 6.45. The number of aryl methyl sites for hydroxylation is 1. The molecule has 1 N–H and O–H groups in total. The number of hydrogen-bond acceptors (Lipinski definition) is 2. The first kappa shape index (κ1) is 13.8. The molecule has 0 spiro atoms. The van der Waals surface area contributed by atoms with E-state index in [4.69, 9.17) is 0 Å². The normalized spacial score (nSPS) is 37.5. The molecule has 0 saturated heterocycles. The fourth-order valence-electron chi connectivity index (χ4n) is 5.55. The summed E-state index contributed by atoms with van der Waals surface area (Å²) in [5, 5.41) is 3.78. The molecule has 0 amide bonds. The monoisotopic (exact) mass is 284 g/mol. The Bertz CT molecular complexity index is 479. The highest BCUT2D eigenvalue weighted by molar-refractivity contribution is 5.19. The van der Waals surface area contributed by atoms with Crippen LogP contribution >= 0.6 is 0 Å². The SMILES string of the molecule is CCNC(Cc1ccc(CC)cn1)C1C2C3CCC(C3)C21. The van der Waals surface area contributed by atoms with Gasteiger partial charge in [-0.15, -0.1) is 0 Å². The van der Waals surface area contributed by atoms with Crippen LogP contribution in [0.2, 0.25) is 0 Å². The lowest BCUT2D eigenvalue weighted by atomic mass is 9.94. The molecule has 114 valence electrons. The first-order valence-electron chi connectivity index (χ1n) is 8.99. The summed E-state index contributed by atoms with van der Waals surface area (Å²) in [7, 11) is 0. The number of aromatic nitrogens is 1. The molecule has 3 aliphatic rings. The van der Waals surface area contributed by atoms with Gasteiger partial charge in [-0.1, -0.05) is 19.9 Å². The number of pyridine rings is 1. The highest BCUT2D eigenvalue weighted by Gasteiger charge is 2.66. The second-order valence-corrected chi connectivity index (χ2v) is 7.44. The molecule has 5 unspecified atom stereocenters. The number of likely N-dealkylation sites (N-methyl/N-ethyl adjacent to an activating group) is 1. The van der Waals surface area contributed by atoms with Crippen LogP contribution in [-0.2, 0) is 12.8 Å². The molecule has 3 saturated carbocycles. The Morgan fingerprint density at radius 2 is 1.95 bits per heavy atom. The average Bonchev–Trinajstić information content (AvgIpc) is 2.94. The van der Waals surface area contributed by atoms with Gasteiger partial charge in [0.1, 0.15) is 0 Å². The fraction of sp³-hybridized carbons (Fsp3) is 0.737. The van der Waals surface area contributed by atoms with Crippen LogP contribution < -0.4 is 5.32 Å². The Kier molecular flexibility index (Phi) is 3.53. The smallest absolute Gasteiger partial charge is 0.0419 e. The van der Waals surface area contributed by atoms with Gasteiger partial charge in [-0.05, 0) is 73.4 Å².